The molecule has 106 valence electrons. The first-order chi connectivity index (χ1) is 9.83. The monoisotopic (exact) mass is 274 g/mol. The van der Waals surface area contributed by atoms with E-state index in [1.165, 1.54) is 39.9 Å². The Balaban J connectivity index is 1.61. The number of nitrogens with one attached hydrogen (secondary N) is 1. The molecule has 0 bridgehead atoms. The largest absolute Gasteiger partial charge is 0.364 e. The molecule has 1 fully saturated rings. The number of aromatic nitrogens is 6. The molecule has 0 atom stereocenters. The van der Waals surface area contributed by atoms with Gasteiger partial charge in [0, 0.05) is 5.69 Å². The van der Waals surface area contributed by atoms with Gasteiger partial charge in [-0.15, -0.1) is 0 Å². The number of nitrogens with zero attached hydrogens (tertiary/aromatic N) is 5. The van der Waals surface area contributed by atoms with E-state index in [2.05, 4.69) is 20.6 Å². The van der Waals surface area contributed by atoms with Crippen molar-refractivity contribution in [1.82, 2.24) is 30.0 Å². The number of tetrazole rings is 1. The van der Waals surface area contributed by atoms with Gasteiger partial charge in [0.25, 0.3) is 0 Å². The Morgan fingerprint density at radius 1 is 1.15 bits per heavy atom. The Hall–Kier alpha value is -1.92. The van der Waals surface area contributed by atoms with E-state index in [0.717, 1.165) is 31.4 Å². The standard InChI is InChI=1S/C13H18N6O/c20-13-18(16-17-19(13)9-4-3-5-9)8-12-10-6-1-2-7-11(10)14-15-12/h9H,1-8H2,(H,14,15). The molecule has 0 saturated heterocycles. The van der Waals surface area contributed by atoms with E-state index in [0.29, 0.717) is 6.54 Å². The summed E-state index contributed by atoms with van der Waals surface area (Å²) in [5.74, 6) is 0. The van der Waals surface area contributed by atoms with Gasteiger partial charge in [-0.1, -0.05) is 0 Å². The summed E-state index contributed by atoms with van der Waals surface area (Å²) in [5, 5.41) is 15.5. The Bertz CT molecular complexity index is 677. The normalized spacial score (nSPS) is 18.8. The smallest absolute Gasteiger partial charge is 0.282 e. The molecule has 0 radical (unpaired) electrons. The number of hydrogen-bond acceptors (Lipinski definition) is 4. The maximum atomic E-state index is 12.3. The van der Waals surface area contributed by atoms with Crippen LogP contribution in [0.1, 0.15) is 55.1 Å². The summed E-state index contributed by atoms with van der Waals surface area (Å²) >= 11 is 0. The highest BCUT2D eigenvalue weighted by Gasteiger charge is 2.24. The second-order valence-corrected chi connectivity index (χ2v) is 5.78. The molecule has 0 amide bonds. The third-order valence-corrected chi connectivity index (χ3v) is 4.52. The Morgan fingerprint density at radius 3 is 2.80 bits per heavy atom. The molecule has 0 unspecified atom stereocenters. The van der Waals surface area contributed by atoms with Crippen LogP contribution < -0.4 is 5.69 Å². The van der Waals surface area contributed by atoms with Crippen LogP contribution in [0.5, 0.6) is 0 Å². The lowest BCUT2D eigenvalue weighted by Crippen LogP contribution is -2.31. The number of rotatable bonds is 3. The summed E-state index contributed by atoms with van der Waals surface area (Å²) in [7, 11) is 0. The molecule has 7 nitrogen and oxygen atoms in total. The van der Waals surface area contributed by atoms with Crippen LogP contribution >= 0.6 is 0 Å². The number of H-pyrrole nitrogens is 1. The zero-order chi connectivity index (χ0) is 13.5. The molecular formula is C13H18N6O. The van der Waals surface area contributed by atoms with Gasteiger partial charge in [0.15, 0.2) is 0 Å². The molecule has 1 saturated carbocycles. The van der Waals surface area contributed by atoms with Crippen LogP contribution in [0.25, 0.3) is 0 Å². The fraction of sp³-hybridized carbons (Fsp3) is 0.692. The Labute approximate surface area is 116 Å². The first-order valence-corrected chi connectivity index (χ1v) is 7.40. The fourth-order valence-electron chi connectivity index (χ4n) is 3.07. The van der Waals surface area contributed by atoms with E-state index in [1.54, 1.807) is 0 Å². The number of hydrogen-bond donors (Lipinski definition) is 1. The van der Waals surface area contributed by atoms with Crippen LogP contribution in [0.15, 0.2) is 4.79 Å². The van der Waals surface area contributed by atoms with Gasteiger partial charge in [-0.05, 0) is 60.9 Å². The summed E-state index contributed by atoms with van der Waals surface area (Å²) in [4.78, 5) is 12.3. The van der Waals surface area contributed by atoms with Crippen molar-refractivity contribution >= 4 is 0 Å². The van der Waals surface area contributed by atoms with Crippen LogP contribution in [0.2, 0.25) is 0 Å². The van der Waals surface area contributed by atoms with Crippen molar-refractivity contribution in [1.29, 1.82) is 0 Å². The summed E-state index contributed by atoms with van der Waals surface area (Å²) in [5.41, 5.74) is 3.34. The number of fused-ring (bicyclic) bond motifs is 1. The predicted molar refractivity (Wildman–Crippen MR) is 71.5 cm³/mol. The van der Waals surface area contributed by atoms with E-state index in [-0.39, 0.29) is 11.7 Å². The average Bonchev–Trinajstić information content (AvgIpc) is 2.96. The lowest BCUT2D eigenvalue weighted by molar-refractivity contribution is 0.277. The molecule has 2 aliphatic carbocycles. The van der Waals surface area contributed by atoms with E-state index in [9.17, 15) is 4.79 Å². The van der Waals surface area contributed by atoms with Gasteiger partial charge in [-0.25, -0.2) is 4.79 Å². The van der Waals surface area contributed by atoms with Crippen LogP contribution in [0.3, 0.4) is 0 Å². The molecule has 0 aromatic carbocycles. The molecule has 2 heterocycles. The molecule has 2 aromatic rings. The van der Waals surface area contributed by atoms with Crippen molar-refractivity contribution in [2.75, 3.05) is 0 Å². The minimum atomic E-state index is -0.109. The average molecular weight is 274 g/mol. The molecule has 1 N–H and O–H groups in total. The zero-order valence-electron chi connectivity index (χ0n) is 11.4. The maximum Gasteiger partial charge on any atom is 0.364 e. The van der Waals surface area contributed by atoms with E-state index in [1.807, 2.05) is 0 Å². The van der Waals surface area contributed by atoms with Crippen LogP contribution in [-0.2, 0) is 19.4 Å². The Kier molecular flexibility index (Phi) is 2.71. The minimum absolute atomic E-state index is 0.109. The van der Waals surface area contributed by atoms with Gasteiger partial charge in [0.2, 0.25) is 0 Å². The molecule has 2 aliphatic rings. The van der Waals surface area contributed by atoms with Gasteiger partial charge in [-0.3, -0.25) is 5.10 Å². The quantitative estimate of drug-likeness (QED) is 0.898. The molecule has 7 heteroatoms. The summed E-state index contributed by atoms with van der Waals surface area (Å²) < 4.78 is 2.96. The fourth-order valence-corrected chi connectivity index (χ4v) is 3.07. The lowest BCUT2D eigenvalue weighted by atomic mass is 9.93. The van der Waals surface area contributed by atoms with Gasteiger partial charge in [-0.2, -0.15) is 14.5 Å². The van der Waals surface area contributed by atoms with Gasteiger partial charge < -0.3 is 0 Å². The summed E-state index contributed by atoms with van der Waals surface area (Å²) in [6.45, 7) is 0.428. The van der Waals surface area contributed by atoms with Crippen molar-refractivity contribution in [2.24, 2.45) is 0 Å². The Morgan fingerprint density at radius 2 is 2.00 bits per heavy atom. The molecule has 20 heavy (non-hydrogen) atoms. The topological polar surface area (TPSA) is 81.4 Å². The molecule has 4 rings (SSSR count). The van der Waals surface area contributed by atoms with Gasteiger partial charge in [0.1, 0.15) is 0 Å². The zero-order valence-corrected chi connectivity index (χ0v) is 11.4. The van der Waals surface area contributed by atoms with Crippen LogP contribution in [0, 0.1) is 0 Å². The predicted octanol–water partition coefficient (Wildman–Crippen LogP) is 0.815. The van der Waals surface area contributed by atoms with Gasteiger partial charge >= 0.3 is 5.69 Å². The summed E-state index contributed by atoms with van der Waals surface area (Å²) in [6.07, 6.45) is 7.78. The molecular weight excluding hydrogens is 256 g/mol. The second-order valence-electron chi connectivity index (χ2n) is 5.78. The highest BCUT2D eigenvalue weighted by atomic mass is 16.2. The van der Waals surface area contributed by atoms with Crippen LogP contribution in [0.4, 0.5) is 0 Å². The highest BCUT2D eigenvalue weighted by Crippen LogP contribution is 2.29. The SMILES string of the molecule is O=c1n(Cc2n[nH]c3c2CCCC3)nnn1C1CCC1. The second kappa shape index (κ2) is 4.57. The molecule has 0 spiro atoms. The van der Waals surface area contributed by atoms with Gasteiger partial charge in [0.05, 0.1) is 18.3 Å². The first-order valence-electron chi connectivity index (χ1n) is 7.40. The molecule has 0 aliphatic heterocycles. The van der Waals surface area contributed by atoms with Crippen molar-refractivity contribution in [2.45, 2.75) is 57.5 Å². The summed E-state index contributed by atoms with van der Waals surface area (Å²) in [6, 6.07) is 0.254. The van der Waals surface area contributed by atoms with Crippen molar-refractivity contribution in [3.8, 4) is 0 Å². The maximum absolute atomic E-state index is 12.3. The van der Waals surface area contributed by atoms with Crippen molar-refractivity contribution < 1.29 is 0 Å². The first kappa shape index (κ1) is 11.9. The number of aromatic amines is 1. The van der Waals surface area contributed by atoms with Crippen molar-refractivity contribution in [3.63, 3.8) is 0 Å². The van der Waals surface area contributed by atoms with Crippen molar-refractivity contribution in [3.05, 3.63) is 27.4 Å². The molecule has 2 aromatic heterocycles. The van der Waals surface area contributed by atoms with E-state index < -0.39 is 0 Å². The van der Waals surface area contributed by atoms with Crippen LogP contribution in [-0.4, -0.2) is 30.0 Å². The third kappa shape index (κ3) is 1.80. The minimum Gasteiger partial charge on any atom is -0.282 e. The van der Waals surface area contributed by atoms with E-state index >= 15 is 0 Å². The lowest BCUT2D eigenvalue weighted by Gasteiger charge is -2.23. The third-order valence-electron chi connectivity index (χ3n) is 4.52. The number of aryl methyl sites for hydroxylation is 1. The highest BCUT2D eigenvalue weighted by molar-refractivity contribution is 5.27. The van der Waals surface area contributed by atoms with E-state index in [4.69, 9.17) is 0 Å².